The summed E-state index contributed by atoms with van der Waals surface area (Å²) in [5.41, 5.74) is 0.214. The van der Waals surface area contributed by atoms with Gasteiger partial charge in [-0.2, -0.15) is 19.0 Å². The lowest BCUT2D eigenvalue weighted by molar-refractivity contribution is -0.126. The quantitative estimate of drug-likeness (QED) is 0.589. The van der Waals surface area contributed by atoms with Crippen LogP contribution in [0.4, 0.5) is 14.5 Å². The van der Waals surface area contributed by atoms with E-state index in [9.17, 15) is 18.4 Å². The van der Waals surface area contributed by atoms with Gasteiger partial charge in [0, 0.05) is 6.07 Å². The third-order valence-electron chi connectivity index (χ3n) is 2.10. The molecule has 5 nitrogen and oxygen atoms in total. The van der Waals surface area contributed by atoms with Crippen LogP contribution in [0.2, 0.25) is 0 Å². The highest BCUT2D eigenvalue weighted by Crippen LogP contribution is 2.22. The summed E-state index contributed by atoms with van der Waals surface area (Å²) >= 11 is 0. The number of alkyl halides is 2. The number of halogens is 2. The Kier molecular flexibility index (Phi) is 5.23. The summed E-state index contributed by atoms with van der Waals surface area (Å²) in [5, 5.41) is 7.27. The minimum Gasteiger partial charge on any atom is -0.435 e. The second kappa shape index (κ2) is 6.67. The maximum Gasteiger partial charge on any atom is 0.387 e. The lowest BCUT2D eigenvalue weighted by Crippen LogP contribution is -2.23. The molecule has 0 saturated carbocycles. The number of carbonyl (C=O) groups is 2. The van der Waals surface area contributed by atoms with E-state index in [1.165, 1.54) is 38.1 Å². The first-order valence-electron chi connectivity index (χ1n) is 5.37. The van der Waals surface area contributed by atoms with Gasteiger partial charge in [-0.3, -0.25) is 9.59 Å². The minimum atomic E-state index is -2.94. The van der Waals surface area contributed by atoms with Crippen LogP contribution in [0.15, 0.2) is 34.5 Å². The van der Waals surface area contributed by atoms with E-state index in [0.29, 0.717) is 0 Å². The second-order valence-corrected chi connectivity index (χ2v) is 3.72. The number of azo groups is 1. The molecule has 0 unspecified atom stereocenters. The maximum absolute atomic E-state index is 12.0. The molecule has 0 spiro atoms. The van der Waals surface area contributed by atoms with Crippen molar-refractivity contribution in [2.75, 3.05) is 0 Å². The summed E-state index contributed by atoms with van der Waals surface area (Å²) in [5.74, 6) is -0.943. The normalized spacial score (nSPS) is 11.3. The van der Waals surface area contributed by atoms with Crippen LogP contribution >= 0.6 is 0 Å². The molecule has 0 amide bonds. The van der Waals surface area contributed by atoms with Gasteiger partial charge in [0.05, 0.1) is 5.69 Å². The van der Waals surface area contributed by atoms with Crippen molar-refractivity contribution >= 4 is 17.3 Å². The zero-order chi connectivity index (χ0) is 14.4. The van der Waals surface area contributed by atoms with E-state index in [1.54, 1.807) is 0 Å². The first-order chi connectivity index (χ1) is 8.90. The van der Waals surface area contributed by atoms with Gasteiger partial charge < -0.3 is 4.74 Å². The third kappa shape index (κ3) is 4.90. The van der Waals surface area contributed by atoms with Crippen molar-refractivity contribution in [2.45, 2.75) is 26.5 Å². The smallest absolute Gasteiger partial charge is 0.387 e. The molecule has 0 aliphatic carbocycles. The summed E-state index contributed by atoms with van der Waals surface area (Å²) in [4.78, 5) is 22.2. The number of rotatable bonds is 6. The van der Waals surface area contributed by atoms with Gasteiger partial charge in [0.25, 0.3) is 0 Å². The number of benzene rings is 1. The Labute approximate surface area is 108 Å². The number of carbonyl (C=O) groups excluding carboxylic acids is 2. The van der Waals surface area contributed by atoms with Crippen LogP contribution in [0.25, 0.3) is 0 Å². The average Bonchev–Trinajstić information content (AvgIpc) is 2.27. The lowest BCUT2D eigenvalue weighted by Gasteiger charge is -2.05. The van der Waals surface area contributed by atoms with Gasteiger partial charge in [-0.15, -0.1) is 0 Å². The Balaban J connectivity index is 2.86. The molecule has 0 fully saturated rings. The molecular formula is C12H12F2N2O3. The fourth-order valence-electron chi connectivity index (χ4n) is 1.30. The van der Waals surface area contributed by atoms with E-state index >= 15 is 0 Å². The molecule has 0 aromatic heterocycles. The predicted octanol–water partition coefficient (Wildman–Crippen LogP) is 2.92. The highest BCUT2D eigenvalue weighted by molar-refractivity contribution is 6.04. The van der Waals surface area contributed by atoms with Gasteiger partial charge in [-0.1, -0.05) is 6.07 Å². The number of Topliss-reactive ketones (excluding diaryl/α,β-unsaturated/α-hetero) is 2. The van der Waals surface area contributed by atoms with E-state index in [1.807, 2.05) is 0 Å². The molecule has 0 radical (unpaired) electrons. The SMILES string of the molecule is CC(=O)C(N=Nc1cccc(OC(F)F)c1)C(C)=O. The average molecular weight is 270 g/mol. The molecule has 0 bridgehead atoms. The number of ketones is 2. The molecule has 1 rings (SSSR count). The third-order valence-corrected chi connectivity index (χ3v) is 2.10. The van der Waals surface area contributed by atoms with Gasteiger partial charge in [-0.25, -0.2) is 0 Å². The second-order valence-electron chi connectivity index (χ2n) is 3.72. The van der Waals surface area contributed by atoms with Gasteiger partial charge in [-0.05, 0) is 26.0 Å². The fourth-order valence-corrected chi connectivity index (χ4v) is 1.30. The zero-order valence-electron chi connectivity index (χ0n) is 10.3. The molecule has 0 aliphatic heterocycles. The van der Waals surface area contributed by atoms with Crippen LogP contribution in [0.3, 0.4) is 0 Å². The van der Waals surface area contributed by atoms with Crippen molar-refractivity contribution in [2.24, 2.45) is 10.2 Å². The summed E-state index contributed by atoms with van der Waals surface area (Å²) in [6.45, 7) is -0.489. The molecule has 0 aliphatic rings. The summed E-state index contributed by atoms with van der Waals surface area (Å²) < 4.78 is 28.2. The Bertz CT molecular complexity index is 490. The van der Waals surface area contributed by atoms with Gasteiger partial charge >= 0.3 is 6.61 Å². The molecule has 102 valence electrons. The van der Waals surface area contributed by atoms with Crippen LogP contribution in [-0.2, 0) is 9.59 Å². The molecule has 0 atom stereocenters. The molecule has 1 aromatic carbocycles. The lowest BCUT2D eigenvalue weighted by atomic mass is 10.1. The highest BCUT2D eigenvalue weighted by Gasteiger charge is 2.18. The number of nitrogens with zero attached hydrogens (tertiary/aromatic N) is 2. The molecular weight excluding hydrogens is 258 g/mol. The van der Waals surface area contributed by atoms with Gasteiger partial charge in [0.15, 0.2) is 17.6 Å². The van der Waals surface area contributed by atoms with Crippen molar-refractivity contribution in [3.05, 3.63) is 24.3 Å². The molecule has 0 saturated heterocycles. The number of hydrogen-bond acceptors (Lipinski definition) is 5. The van der Waals surface area contributed by atoms with Crippen molar-refractivity contribution in [1.29, 1.82) is 0 Å². The topological polar surface area (TPSA) is 68.1 Å². The van der Waals surface area contributed by atoms with Crippen LogP contribution < -0.4 is 4.74 Å². The first-order valence-corrected chi connectivity index (χ1v) is 5.37. The Morgan fingerprint density at radius 1 is 1.21 bits per heavy atom. The fraction of sp³-hybridized carbons (Fsp3) is 0.333. The van der Waals surface area contributed by atoms with Gasteiger partial charge in [0.1, 0.15) is 5.75 Å². The van der Waals surface area contributed by atoms with Crippen LogP contribution in [0.1, 0.15) is 13.8 Å². The number of hydrogen-bond donors (Lipinski definition) is 0. The van der Waals surface area contributed by atoms with Crippen molar-refractivity contribution in [1.82, 2.24) is 0 Å². The summed E-state index contributed by atoms with van der Waals surface area (Å²) in [7, 11) is 0. The Hall–Kier alpha value is -2.18. The maximum atomic E-state index is 12.0. The predicted molar refractivity (Wildman–Crippen MR) is 62.7 cm³/mol. The van der Waals surface area contributed by atoms with Crippen molar-refractivity contribution < 1.29 is 23.1 Å². The highest BCUT2D eigenvalue weighted by atomic mass is 19.3. The van der Waals surface area contributed by atoms with Crippen LogP contribution in [-0.4, -0.2) is 24.2 Å². The summed E-state index contributed by atoms with van der Waals surface area (Å²) in [6.07, 6.45) is 0. The van der Waals surface area contributed by atoms with Crippen LogP contribution in [0, 0.1) is 0 Å². The van der Waals surface area contributed by atoms with Crippen LogP contribution in [0.5, 0.6) is 5.75 Å². The largest absolute Gasteiger partial charge is 0.435 e. The molecule has 0 heterocycles. The van der Waals surface area contributed by atoms with E-state index in [-0.39, 0.29) is 11.4 Å². The molecule has 19 heavy (non-hydrogen) atoms. The molecule has 1 aromatic rings. The summed E-state index contributed by atoms with van der Waals surface area (Å²) in [6, 6.07) is 4.33. The van der Waals surface area contributed by atoms with Crippen molar-refractivity contribution in [3.8, 4) is 5.75 Å². The zero-order valence-corrected chi connectivity index (χ0v) is 10.3. The Morgan fingerprint density at radius 3 is 2.37 bits per heavy atom. The van der Waals surface area contributed by atoms with E-state index in [2.05, 4.69) is 15.0 Å². The van der Waals surface area contributed by atoms with E-state index in [0.717, 1.165) is 0 Å². The standard InChI is InChI=1S/C12H12F2N2O3/c1-7(17)11(8(2)18)16-15-9-4-3-5-10(6-9)19-12(13)14/h3-6,11-12H,1-2H3. The molecule has 0 N–H and O–H groups in total. The number of ether oxygens (including phenoxy) is 1. The van der Waals surface area contributed by atoms with Gasteiger partial charge in [0.2, 0.25) is 0 Å². The minimum absolute atomic E-state index is 0.0753. The molecule has 7 heteroatoms. The first kappa shape index (κ1) is 14.9. The van der Waals surface area contributed by atoms with Crippen molar-refractivity contribution in [3.63, 3.8) is 0 Å². The Morgan fingerprint density at radius 2 is 1.84 bits per heavy atom. The van der Waals surface area contributed by atoms with E-state index < -0.39 is 24.2 Å². The monoisotopic (exact) mass is 270 g/mol. The van der Waals surface area contributed by atoms with E-state index in [4.69, 9.17) is 0 Å².